The van der Waals surface area contributed by atoms with Crippen molar-refractivity contribution in [1.29, 1.82) is 0 Å². The molecule has 0 saturated carbocycles. The summed E-state index contributed by atoms with van der Waals surface area (Å²) in [5.74, 6) is -0.0363. The number of hydrogen-bond donors (Lipinski definition) is 3. The van der Waals surface area contributed by atoms with Crippen LogP contribution in [0.3, 0.4) is 0 Å². The number of hydrogen-bond acceptors (Lipinski definition) is 8. The summed E-state index contributed by atoms with van der Waals surface area (Å²) in [7, 11) is -0.640. The van der Waals surface area contributed by atoms with Gasteiger partial charge in [-0.1, -0.05) is 22.0 Å². The Morgan fingerprint density at radius 2 is 1.73 bits per heavy atom. The largest absolute Gasteiger partial charge is 0.493 e. The van der Waals surface area contributed by atoms with E-state index >= 15 is 0 Å². The number of halogens is 1. The van der Waals surface area contributed by atoms with Gasteiger partial charge in [-0.2, -0.15) is 5.10 Å². The van der Waals surface area contributed by atoms with E-state index in [1.54, 1.807) is 43.5 Å². The van der Waals surface area contributed by atoms with Gasteiger partial charge in [0.15, 0.2) is 11.5 Å². The molecule has 0 saturated heterocycles. The first kappa shape index (κ1) is 27.9. The number of hydrazone groups is 1. The molecule has 0 fully saturated rings. The molecule has 0 aliphatic carbocycles. The summed E-state index contributed by atoms with van der Waals surface area (Å²) in [6.07, 6.45) is 1.67. The Bertz CT molecular complexity index is 1370. The van der Waals surface area contributed by atoms with Gasteiger partial charge in [-0.05, 0) is 60.5 Å². The molecule has 1 heterocycles. The highest BCUT2D eigenvalue weighted by molar-refractivity contribution is 9.10. The zero-order valence-electron chi connectivity index (χ0n) is 20.0. The Hall–Kier alpha value is -3.68. The molecule has 0 spiro atoms. The molecule has 11 nitrogen and oxygen atoms in total. The second-order valence-corrected chi connectivity index (χ2v) is 10.2. The summed E-state index contributed by atoms with van der Waals surface area (Å²) < 4.78 is 43.8. The van der Waals surface area contributed by atoms with Crippen LogP contribution in [0.2, 0.25) is 0 Å². The van der Waals surface area contributed by atoms with E-state index in [2.05, 4.69) is 36.5 Å². The maximum atomic E-state index is 12.4. The van der Waals surface area contributed by atoms with Crippen LogP contribution in [0.1, 0.15) is 17.1 Å². The van der Waals surface area contributed by atoms with Crippen molar-refractivity contribution in [1.82, 2.24) is 15.5 Å². The van der Waals surface area contributed by atoms with Crippen LogP contribution in [-0.4, -0.2) is 47.2 Å². The number of amides is 2. The molecular formula is C24H25BrN4O7S. The van der Waals surface area contributed by atoms with Gasteiger partial charge in [-0.25, -0.2) is 18.6 Å². The molecule has 2 aromatic carbocycles. The van der Waals surface area contributed by atoms with Crippen LogP contribution in [0, 0.1) is 0 Å². The molecule has 0 aliphatic heterocycles. The summed E-state index contributed by atoms with van der Waals surface area (Å²) >= 11 is 3.26. The zero-order valence-corrected chi connectivity index (χ0v) is 22.4. The van der Waals surface area contributed by atoms with Crippen molar-refractivity contribution in [2.45, 2.75) is 17.9 Å². The van der Waals surface area contributed by atoms with Crippen LogP contribution in [0.4, 0.5) is 0 Å². The minimum absolute atomic E-state index is 0.0823. The van der Waals surface area contributed by atoms with E-state index in [1.165, 1.54) is 25.5 Å². The Kier molecular flexibility index (Phi) is 9.83. The second kappa shape index (κ2) is 13.0. The topological polar surface area (TPSA) is 148 Å². The van der Waals surface area contributed by atoms with E-state index in [9.17, 15) is 18.0 Å². The first-order chi connectivity index (χ1) is 17.7. The van der Waals surface area contributed by atoms with Gasteiger partial charge in [0.2, 0.25) is 10.0 Å². The average molecular weight is 593 g/mol. The third kappa shape index (κ3) is 8.17. The lowest BCUT2D eigenvalue weighted by Gasteiger charge is -2.09. The van der Waals surface area contributed by atoms with Crippen LogP contribution >= 0.6 is 15.9 Å². The van der Waals surface area contributed by atoms with Crippen LogP contribution in [0.15, 0.2) is 73.5 Å². The quantitative estimate of drug-likeness (QED) is 0.176. The fourth-order valence-corrected chi connectivity index (χ4v) is 4.32. The molecule has 37 heavy (non-hydrogen) atoms. The van der Waals surface area contributed by atoms with E-state index < -0.39 is 21.8 Å². The van der Waals surface area contributed by atoms with Gasteiger partial charge < -0.3 is 19.2 Å². The van der Waals surface area contributed by atoms with Gasteiger partial charge in [-0.15, -0.1) is 0 Å². The lowest BCUT2D eigenvalue weighted by Crippen LogP contribution is -2.38. The number of sulfonamides is 1. The van der Waals surface area contributed by atoms with Crippen molar-refractivity contribution >= 4 is 44.0 Å². The monoisotopic (exact) mass is 592 g/mol. The van der Waals surface area contributed by atoms with Crippen molar-refractivity contribution in [2.24, 2.45) is 5.10 Å². The minimum Gasteiger partial charge on any atom is -0.493 e. The molecule has 0 unspecified atom stereocenters. The zero-order chi connectivity index (χ0) is 26.8. The molecule has 3 rings (SSSR count). The smallest absolute Gasteiger partial charge is 0.329 e. The lowest BCUT2D eigenvalue weighted by molar-refractivity contribution is -0.139. The van der Waals surface area contributed by atoms with Gasteiger partial charge in [0.1, 0.15) is 11.5 Å². The van der Waals surface area contributed by atoms with Gasteiger partial charge in [-0.3, -0.25) is 9.59 Å². The summed E-state index contributed by atoms with van der Waals surface area (Å²) in [5, 5.41) is 6.21. The van der Waals surface area contributed by atoms with Crippen molar-refractivity contribution in [3.8, 4) is 11.5 Å². The Labute approximate surface area is 222 Å². The van der Waals surface area contributed by atoms with Crippen LogP contribution in [0.25, 0.3) is 0 Å². The summed E-state index contributed by atoms with van der Waals surface area (Å²) in [4.78, 5) is 24.1. The molecule has 13 heteroatoms. The molecule has 0 aliphatic rings. The predicted molar refractivity (Wildman–Crippen MR) is 139 cm³/mol. The van der Waals surface area contributed by atoms with Crippen molar-refractivity contribution in [3.63, 3.8) is 0 Å². The average Bonchev–Trinajstić information content (AvgIpc) is 3.35. The molecule has 0 bridgehead atoms. The molecule has 0 atom stereocenters. The van der Waals surface area contributed by atoms with E-state index in [1.807, 2.05) is 6.07 Å². The normalized spacial score (nSPS) is 11.3. The highest BCUT2D eigenvalue weighted by atomic mass is 79.9. The van der Waals surface area contributed by atoms with Crippen LogP contribution in [0.5, 0.6) is 11.5 Å². The second-order valence-electron chi connectivity index (χ2n) is 7.48. The molecular weight excluding hydrogens is 568 g/mol. The highest BCUT2D eigenvalue weighted by Gasteiger charge is 2.15. The number of nitrogens with one attached hydrogen (secondary N) is 3. The van der Waals surface area contributed by atoms with Crippen LogP contribution < -0.4 is 24.9 Å². The van der Waals surface area contributed by atoms with E-state index in [0.717, 1.165) is 10.0 Å². The predicted octanol–water partition coefficient (Wildman–Crippen LogP) is 2.35. The van der Waals surface area contributed by atoms with Gasteiger partial charge in [0, 0.05) is 11.0 Å². The number of carbonyl (C=O) groups excluding carboxylic acids is 2. The van der Waals surface area contributed by atoms with Crippen molar-refractivity contribution in [2.75, 3.05) is 20.8 Å². The number of rotatable bonds is 11. The number of nitrogens with zero attached hydrogens (tertiary/aromatic N) is 1. The molecule has 3 aromatic rings. The molecule has 0 radical (unpaired) electrons. The standard InChI is InChI=1S/C24H25BrN4O7S/c1-34-21-10-3-16(13-22(21)35-2)11-12-26-23(30)24(31)29-27-14-18-6-7-19(36-18)15-28-37(32,33)20-8-4-17(25)5-9-20/h3-10,13-14,28H,11-12,15H2,1-2H3,(H,26,30)(H,29,31)/b27-14+. The van der Waals surface area contributed by atoms with E-state index in [4.69, 9.17) is 13.9 Å². The van der Waals surface area contributed by atoms with E-state index in [-0.39, 0.29) is 23.7 Å². The maximum absolute atomic E-state index is 12.4. The summed E-state index contributed by atoms with van der Waals surface area (Å²) in [6.45, 7) is 0.143. The number of benzene rings is 2. The van der Waals surface area contributed by atoms with Crippen molar-refractivity contribution in [3.05, 3.63) is 76.2 Å². The maximum Gasteiger partial charge on any atom is 0.329 e. The summed E-state index contributed by atoms with van der Waals surface area (Å²) in [6, 6.07) is 14.7. The molecule has 196 valence electrons. The highest BCUT2D eigenvalue weighted by Crippen LogP contribution is 2.27. The number of furan rings is 1. The van der Waals surface area contributed by atoms with Gasteiger partial charge in [0.05, 0.1) is 31.9 Å². The fourth-order valence-electron chi connectivity index (χ4n) is 3.06. The fraction of sp³-hybridized carbons (Fsp3) is 0.208. The Morgan fingerprint density at radius 3 is 2.43 bits per heavy atom. The van der Waals surface area contributed by atoms with Crippen molar-refractivity contribution < 1.29 is 31.9 Å². The third-order valence-electron chi connectivity index (χ3n) is 4.95. The Morgan fingerprint density at radius 1 is 1.00 bits per heavy atom. The molecule has 3 N–H and O–H groups in total. The first-order valence-electron chi connectivity index (χ1n) is 10.9. The number of carbonyl (C=O) groups is 2. The van der Waals surface area contributed by atoms with E-state index in [0.29, 0.717) is 23.7 Å². The number of methoxy groups -OCH3 is 2. The minimum atomic E-state index is -3.71. The Balaban J connectivity index is 1.42. The molecule has 2 amide bonds. The number of ether oxygens (including phenoxy) is 2. The SMILES string of the molecule is COc1ccc(CCNC(=O)C(=O)N/N=C/c2ccc(CNS(=O)(=O)c3ccc(Br)cc3)o2)cc1OC. The third-order valence-corrected chi connectivity index (χ3v) is 6.90. The molecule has 1 aromatic heterocycles. The van der Waals surface area contributed by atoms with Crippen LogP contribution in [-0.2, 0) is 32.6 Å². The van der Waals surface area contributed by atoms with Gasteiger partial charge >= 0.3 is 11.8 Å². The summed E-state index contributed by atoms with van der Waals surface area (Å²) in [5.41, 5.74) is 3.00. The lowest BCUT2D eigenvalue weighted by atomic mass is 10.1. The first-order valence-corrected chi connectivity index (χ1v) is 13.2. The van der Waals surface area contributed by atoms with Gasteiger partial charge in [0.25, 0.3) is 0 Å².